The van der Waals surface area contributed by atoms with Crippen LogP contribution in [0.5, 0.6) is 0 Å². The Labute approximate surface area is 133 Å². The highest BCUT2D eigenvalue weighted by molar-refractivity contribution is 7.14. The number of hydrogen-bond donors (Lipinski definition) is 2. The van der Waals surface area contributed by atoms with Gasteiger partial charge in [0, 0.05) is 23.8 Å². The van der Waals surface area contributed by atoms with Crippen LogP contribution < -0.4 is 10.6 Å². The van der Waals surface area contributed by atoms with E-state index in [1.54, 1.807) is 18.2 Å². The van der Waals surface area contributed by atoms with E-state index in [-0.39, 0.29) is 11.9 Å². The zero-order valence-corrected chi connectivity index (χ0v) is 13.3. The molecule has 0 saturated heterocycles. The Morgan fingerprint density at radius 3 is 2.71 bits per heavy atom. The number of halogens is 1. The molecule has 5 heteroatoms. The number of nitrogens with one attached hydrogen (secondary N) is 2. The molecule has 0 bridgehead atoms. The molecule has 110 valence electrons. The second-order valence-electron chi connectivity index (χ2n) is 4.63. The average Bonchev–Trinajstić information content (AvgIpc) is 2.92. The Kier molecular flexibility index (Phi) is 5.42. The summed E-state index contributed by atoms with van der Waals surface area (Å²) in [5, 5.41) is 8.17. The summed E-state index contributed by atoms with van der Waals surface area (Å²) in [6, 6.07) is 9.51. The van der Waals surface area contributed by atoms with E-state index in [4.69, 9.17) is 11.6 Å². The van der Waals surface area contributed by atoms with E-state index < -0.39 is 0 Å². The molecule has 1 atom stereocenters. The highest BCUT2D eigenvalue weighted by atomic mass is 35.5. The number of thiophene rings is 1. The number of carbonyl (C=O) groups is 1. The Morgan fingerprint density at radius 2 is 2.14 bits per heavy atom. The molecule has 2 aromatic rings. The second kappa shape index (κ2) is 7.29. The summed E-state index contributed by atoms with van der Waals surface area (Å²) in [5.41, 5.74) is 2.75. The van der Waals surface area contributed by atoms with Crippen LogP contribution >= 0.6 is 22.9 Å². The number of anilines is 1. The lowest BCUT2D eigenvalue weighted by atomic mass is 10.1. The summed E-state index contributed by atoms with van der Waals surface area (Å²) >= 11 is 7.47. The summed E-state index contributed by atoms with van der Waals surface area (Å²) in [6.45, 7) is 6.11. The van der Waals surface area contributed by atoms with Gasteiger partial charge in [-0.25, -0.2) is 0 Å². The predicted octanol–water partition coefficient (Wildman–Crippen LogP) is 4.49. The molecule has 0 aliphatic rings. The first-order chi connectivity index (χ1) is 10.1. The topological polar surface area (TPSA) is 41.1 Å². The zero-order valence-electron chi connectivity index (χ0n) is 11.7. The first-order valence-corrected chi connectivity index (χ1v) is 7.85. The van der Waals surface area contributed by atoms with Crippen LogP contribution in [-0.2, 0) is 0 Å². The van der Waals surface area contributed by atoms with Crippen LogP contribution in [0.1, 0.15) is 28.9 Å². The van der Waals surface area contributed by atoms with Gasteiger partial charge in [0.15, 0.2) is 0 Å². The van der Waals surface area contributed by atoms with Crippen LogP contribution in [0.15, 0.2) is 48.4 Å². The van der Waals surface area contributed by atoms with E-state index in [0.717, 1.165) is 15.6 Å². The SMILES string of the molecule is C=CCNC(=O)c1ccc(NC(C)c2csc(Cl)c2)cc1. The molecule has 1 aromatic carbocycles. The maximum atomic E-state index is 11.8. The summed E-state index contributed by atoms with van der Waals surface area (Å²) in [6.07, 6.45) is 1.65. The Hall–Kier alpha value is -1.78. The number of carbonyl (C=O) groups excluding carboxylic acids is 1. The maximum absolute atomic E-state index is 11.8. The summed E-state index contributed by atoms with van der Waals surface area (Å²) < 4.78 is 0.785. The highest BCUT2D eigenvalue weighted by Crippen LogP contribution is 2.27. The lowest BCUT2D eigenvalue weighted by Gasteiger charge is -2.14. The van der Waals surface area contributed by atoms with E-state index in [1.165, 1.54) is 11.3 Å². The number of hydrogen-bond acceptors (Lipinski definition) is 3. The molecule has 0 saturated carbocycles. The van der Waals surface area contributed by atoms with Crippen LogP contribution in [0.2, 0.25) is 4.34 Å². The van der Waals surface area contributed by atoms with Crippen LogP contribution in [0.4, 0.5) is 5.69 Å². The second-order valence-corrected chi connectivity index (χ2v) is 6.17. The van der Waals surface area contributed by atoms with Crippen molar-refractivity contribution >= 4 is 34.5 Å². The minimum absolute atomic E-state index is 0.0980. The van der Waals surface area contributed by atoms with Gasteiger partial charge in [0.2, 0.25) is 0 Å². The molecule has 0 spiro atoms. The molecule has 0 aliphatic heterocycles. The van der Waals surface area contributed by atoms with Gasteiger partial charge < -0.3 is 10.6 Å². The van der Waals surface area contributed by atoms with Gasteiger partial charge in [0.1, 0.15) is 0 Å². The van der Waals surface area contributed by atoms with Gasteiger partial charge in [-0.15, -0.1) is 17.9 Å². The number of rotatable bonds is 6. The highest BCUT2D eigenvalue weighted by Gasteiger charge is 2.08. The van der Waals surface area contributed by atoms with Crippen molar-refractivity contribution < 1.29 is 4.79 Å². The molecule has 0 fully saturated rings. The van der Waals surface area contributed by atoms with Crippen molar-refractivity contribution in [2.45, 2.75) is 13.0 Å². The average molecular weight is 321 g/mol. The van der Waals surface area contributed by atoms with Crippen molar-refractivity contribution in [1.29, 1.82) is 0 Å². The molecular weight excluding hydrogens is 304 g/mol. The van der Waals surface area contributed by atoms with Gasteiger partial charge in [-0.2, -0.15) is 0 Å². The fraction of sp³-hybridized carbons (Fsp3) is 0.188. The van der Waals surface area contributed by atoms with Crippen LogP contribution in [-0.4, -0.2) is 12.5 Å². The normalized spacial score (nSPS) is 11.7. The molecular formula is C16H17ClN2OS. The zero-order chi connectivity index (χ0) is 15.2. The van der Waals surface area contributed by atoms with Gasteiger partial charge in [0.05, 0.1) is 4.34 Å². The molecule has 0 radical (unpaired) electrons. The first-order valence-electron chi connectivity index (χ1n) is 6.60. The van der Waals surface area contributed by atoms with Crippen LogP contribution in [0.25, 0.3) is 0 Å². The minimum Gasteiger partial charge on any atom is -0.378 e. The Balaban J connectivity index is 1.99. The number of benzene rings is 1. The lowest BCUT2D eigenvalue weighted by molar-refractivity contribution is 0.0958. The lowest BCUT2D eigenvalue weighted by Crippen LogP contribution is -2.23. The molecule has 1 aromatic heterocycles. The van der Waals surface area contributed by atoms with Crippen molar-refractivity contribution in [2.24, 2.45) is 0 Å². The van der Waals surface area contributed by atoms with Crippen molar-refractivity contribution in [3.05, 3.63) is 63.8 Å². The van der Waals surface area contributed by atoms with Gasteiger partial charge in [0.25, 0.3) is 5.91 Å². The van der Waals surface area contributed by atoms with Crippen molar-refractivity contribution in [1.82, 2.24) is 5.32 Å². The molecule has 1 heterocycles. The smallest absolute Gasteiger partial charge is 0.251 e. The monoisotopic (exact) mass is 320 g/mol. The fourth-order valence-corrected chi connectivity index (χ4v) is 2.85. The molecule has 21 heavy (non-hydrogen) atoms. The van der Waals surface area contributed by atoms with Crippen LogP contribution in [0, 0.1) is 0 Å². The van der Waals surface area contributed by atoms with Crippen LogP contribution in [0.3, 0.4) is 0 Å². The third-order valence-electron chi connectivity index (χ3n) is 3.02. The molecule has 1 unspecified atom stereocenters. The summed E-state index contributed by atoms with van der Waals surface area (Å²) in [4.78, 5) is 11.8. The molecule has 2 N–H and O–H groups in total. The standard InChI is InChI=1S/C16H17ClN2OS/c1-3-8-18-16(20)12-4-6-14(7-5-12)19-11(2)13-9-15(17)21-10-13/h3-7,9-11,19H,1,8H2,2H3,(H,18,20). The third kappa shape index (κ3) is 4.34. The first kappa shape index (κ1) is 15.6. The minimum atomic E-state index is -0.0980. The quantitative estimate of drug-likeness (QED) is 0.770. The van der Waals surface area contributed by atoms with E-state index in [0.29, 0.717) is 12.1 Å². The number of amides is 1. The maximum Gasteiger partial charge on any atom is 0.251 e. The van der Waals surface area contributed by atoms with E-state index >= 15 is 0 Å². The largest absolute Gasteiger partial charge is 0.378 e. The Bertz CT molecular complexity index is 621. The molecule has 2 rings (SSSR count). The van der Waals surface area contributed by atoms with E-state index in [1.807, 2.05) is 23.6 Å². The predicted molar refractivity (Wildman–Crippen MR) is 90.3 cm³/mol. The van der Waals surface area contributed by atoms with Gasteiger partial charge in [-0.3, -0.25) is 4.79 Å². The van der Waals surface area contributed by atoms with Gasteiger partial charge in [-0.05, 0) is 48.2 Å². The summed E-state index contributed by atoms with van der Waals surface area (Å²) in [7, 11) is 0. The van der Waals surface area contributed by atoms with Gasteiger partial charge in [-0.1, -0.05) is 17.7 Å². The molecule has 1 amide bonds. The van der Waals surface area contributed by atoms with Gasteiger partial charge >= 0.3 is 0 Å². The molecule has 0 aliphatic carbocycles. The third-order valence-corrected chi connectivity index (χ3v) is 4.13. The van der Waals surface area contributed by atoms with Crippen molar-refractivity contribution in [3.63, 3.8) is 0 Å². The van der Waals surface area contributed by atoms with Crippen molar-refractivity contribution in [3.8, 4) is 0 Å². The molecule has 3 nitrogen and oxygen atoms in total. The Morgan fingerprint density at radius 1 is 1.43 bits per heavy atom. The fourth-order valence-electron chi connectivity index (χ4n) is 1.87. The summed E-state index contributed by atoms with van der Waals surface area (Å²) in [5.74, 6) is -0.0980. The van der Waals surface area contributed by atoms with E-state index in [9.17, 15) is 4.79 Å². The van der Waals surface area contributed by atoms with E-state index in [2.05, 4.69) is 24.1 Å². The van der Waals surface area contributed by atoms with Crippen molar-refractivity contribution in [2.75, 3.05) is 11.9 Å².